The van der Waals surface area contributed by atoms with Gasteiger partial charge < -0.3 is 14.9 Å². The Labute approximate surface area is 170 Å². The highest BCUT2D eigenvalue weighted by Crippen LogP contribution is 2.29. The number of nitrogens with zero attached hydrogens (tertiary/aromatic N) is 2. The van der Waals surface area contributed by atoms with E-state index in [1.807, 2.05) is 61.5 Å². The number of carboxylic acid groups (broad SMARTS) is 1. The lowest BCUT2D eigenvalue weighted by Gasteiger charge is -2.10. The van der Waals surface area contributed by atoms with Crippen LogP contribution in [0.2, 0.25) is 0 Å². The van der Waals surface area contributed by atoms with Gasteiger partial charge >= 0.3 is 5.97 Å². The lowest BCUT2D eigenvalue weighted by molar-refractivity contribution is -0.141. The molecule has 0 saturated carbocycles. The van der Waals surface area contributed by atoms with E-state index >= 15 is 0 Å². The second kappa shape index (κ2) is 8.92. The molecule has 1 heterocycles. The molecule has 2 unspecified atom stereocenters. The van der Waals surface area contributed by atoms with Gasteiger partial charge in [-0.25, -0.2) is 4.68 Å². The normalized spacial score (nSPS) is 13.1. The maximum atomic E-state index is 11.0. The number of aliphatic hydroxyl groups excluding tert-OH is 1. The summed E-state index contributed by atoms with van der Waals surface area (Å²) in [5, 5.41) is 24.3. The number of hydrogen-bond donors (Lipinski definition) is 2. The second-order valence-electron chi connectivity index (χ2n) is 7.26. The maximum absolute atomic E-state index is 11.0. The molecule has 6 heteroatoms. The van der Waals surface area contributed by atoms with Crippen molar-refractivity contribution in [2.75, 3.05) is 7.11 Å². The Morgan fingerprint density at radius 1 is 1.10 bits per heavy atom. The topological polar surface area (TPSA) is 84.6 Å². The number of aliphatic carboxylic acids is 1. The van der Waals surface area contributed by atoms with E-state index in [9.17, 15) is 9.90 Å². The van der Waals surface area contributed by atoms with Crippen LogP contribution in [-0.2, 0) is 4.79 Å². The number of rotatable bonds is 8. The first-order valence-corrected chi connectivity index (χ1v) is 9.61. The molecule has 0 spiro atoms. The minimum Gasteiger partial charge on any atom is -0.497 e. The number of methoxy groups -OCH3 is 1. The third-order valence-corrected chi connectivity index (χ3v) is 5.03. The molecule has 0 saturated heterocycles. The van der Waals surface area contributed by atoms with Gasteiger partial charge in [-0.3, -0.25) is 4.79 Å². The fourth-order valence-corrected chi connectivity index (χ4v) is 3.09. The number of ether oxygens (including phenoxy) is 1. The predicted molar refractivity (Wildman–Crippen MR) is 111 cm³/mol. The van der Waals surface area contributed by atoms with Crippen molar-refractivity contribution in [2.24, 2.45) is 5.92 Å². The summed E-state index contributed by atoms with van der Waals surface area (Å²) in [5.41, 5.74) is 4.37. The molecular formula is C23H26N2O4. The van der Waals surface area contributed by atoms with Crippen molar-refractivity contribution >= 4 is 5.97 Å². The van der Waals surface area contributed by atoms with Crippen LogP contribution in [0.25, 0.3) is 16.9 Å². The van der Waals surface area contributed by atoms with Gasteiger partial charge in [-0.05, 0) is 50.1 Å². The van der Waals surface area contributed by atoms with E-state index in [0.29, 0.717) is 18.5 Å². The van der Waals surface area contributed by atoms with E-state index in [1.165, 1.54) is 0 Å². The first-order valence-electron chi connectivity index (χ1n) is 9.61. The molecule has 0 aliphatic carbocycles. The number of carboxylic acids is 1. The third kappa shape index (κ3) is 4.84. The number of hydrogen-bond acceptors (Lipinski definition) is 4. The zero-order chi connectivity index (χ0) is 21.0. The van der Waals surface area contributed by atoms with Crippen molar-refractivity contribution in [2.45, 2.75) is 32.8 Å². The van der Waals surface area contributed by atoms with E-state index in [1.54, 1.807) is 18.7 Å². The van der Waals surface area contributed by atoms with Gasteiger partial charge in [-0.1, -0.05) is 36.8 Å². The Hall–Kier alpha value is -3.12. The SMILES string of the molecule is COc1ccc(-n2nc(C(O)CCC(C)C(=O)O)cc2-c2ccc(C)cc2)cc1. The van der Waals surface area contributed by atoms with E-state index in [4.69, 9.17) is 9.84 Å². The Balaban J connectivity index is 1.96. The molecule has 3 rings (SSSR count). The monoisotopic (exact) mass is 394 g/mol. The molecule has 3 aromatic rings. The molecule has 1 aromatic heterocycles. The molecule has 2 atom stereocenters. The molecule has 2 aromatic carbocycles. The van der Waals surface area contributed by atoms with Gasteiger partial charge in [0.1, 0.15) is 5.75 Å². The molecule has 0 radical (unpaired) electrons. The molecule has 29 heavy (non-hydrogen) atoms. The molecule has 0 aliphatic rings. The summed E-state index contributed by atoms with van der Waals surface area (Å²) in [7, 11) is 1.62. The van der Waals surface area contributed by atoms with Crippen LogP contribution in [0.15, 0.2) is 54.6 Å². The van der Waals surface area contributed by atoms with Crippen LogP contribution in [0.3, 0.4) is 0 Å². The number of benzene rings is 2. The highest BCUT2D eigenvalue weighted by Gasteiger charge is 2.20. The van der Waals surface area contributed by atoms with Gasteiger partial charge in [0.2, 0.25) is 0 Å². The summed E-state index contributed by atoms with van der Waals surface area (Å²) in [6.07, 6.45) is -0.118. The van der Waals surface area contributed by atoms with Crippen molar-refractivity contribution in [3.05, 3.63) is 65.9 Å². The predicted octanol–water partition coefficient (Wildman–Crippen LogP) is 4.39. The number of aromatic nitrogens is 2. The quantitative estimate of drug-likeness (QED) is 0.592. The third-order valence-electron chi connectivity index (χ3n) is 5.03. The van der Waals surface area contributed by atoms with E-state index in [2.05, 4.69) is 5.10 Å². The van der Waals surface area contributed by atoms with Gasteiger partial charge in [0, 0.05) is 5.56 Å². The summed E-state index contributed by atoms with van der Waals surface area (Å²) in [4.78, 5) is 11.0. The number of aliphatic hydroxyl groups is 1. The van der Waals surface area contributed by atoms with Crippen LogP contribution >= 0.6 is 0 Å². The highest BCUT2D eigenvalue weighted by atomic mass is 16.5. The van der Waals surface area contributed by atoms with Crippen LogP contribution in [0.1, 0.15) is 37.1 Å². The minimum absolute atomic E-state index is 0.334. The molecule has 0 aliphatic heterocycles. The maximum Gasteiger partial charge on any atom is 0.306 e. The fraction of sp³-hybridized carbons (Fsp3) is 0.304. The van der Waals surface area contributed by atoms with Crippen LogP contribution in [0, 0.1) is 12.8 Å². The smallest absolute Gasteiger partial charge is 0.306 e. The molecule has 2 N–H and O–H groups in total. The van der Waals surface area contributed by atoms with Crippen molar-refractivity contribution in [1.29, 1.82) is 0 Å². The standard InChI is InChI=1S/C23H26N2O4/c1-15-4-7-17(8-5-15)21-14-20(22(26)13-6-16(2)23(27)28)24-25(21)18-9-11-19(29-3)12-10-18/h4-5,7-12,14,16,22,26H,6,13H2,1-3H3,(H,27,28). The Kier molecular flexibility index (Phi) is 6.34. The van der Waals surface area contributed by atoms with Gasteiger partial charge in [-0.2, -0.15) is 5.10 Å². The van der Waals surface area contributed by atoms with Crippen LogP contribution in [0.5, 0.6) is 5.75 Å². The number of carbonyl (C=O) groups is 1. The van der Waals surface area contributed by atoms with Crippen molar-refractivity contribution in [3.8, 4) is 22.7 Å². The fourth-order valence-electron chi connectivity index (χ4n) is 3.09. The summed E-state index contributed by atoms with van der Waals surface area (Å²) >= 11 is 0. The van der Waals surface area contributed by atoms with Gasteiger partial charge in [0.15, 0.2) is 0 Å². The lowest BCUT2D eigenvalue weighted by atomic mass is 10.0. The summed E-state index contributed by atoms with van der Waals surface area (Å²) in [5.74, 6) is -0.619. The molecular weight excluding hydrogens is 368 g/mol. The highest BCUT2D eigenvalue weighted by molar-refractivity contribution is 5.69. The summed E-state index contributed by atoms with van der Waals surface area (Å²) in [6, 6.07) is 17.5. The van der Waals surface area contributed by atoms with E-state index < -0.39 is 18.0 Å². The Morgan fingerprint density at radius 2 is 1.76 bits per heavy atom. The van der Waals surface area contributed by atoms with Gasteiger partial charge in [0.25, 0.3) is 0 Å². The molecule has 152 valence electrons. The molecule has 0 bridgehead atoms. The average Bonchev–Trinajstić information content (AvgIpc) is 3.17. The van der Waals surface area contributed by atoms with Crippen molar-refractivity contribution in [3.63, 3.8) is 0 Å². The Bertz CT molecular complexity index is 962. The Morgan fingerprint density at radius 3 is 2.34 bits per heavy atom. The van der Waals surface area contributed by atoms with Crippen LogP contribution < -0.4 is 4.74 Å². The van der Waals surface area contributed by atoms with E-state index in [-0.39, 0.29) is 0 Å². The first kappa shape index (κ1) is 20.6. The van der Waals surface area contributed by atoms with Crippen molar-refractivity contribution < 1.29 is 19.7 Å². The first-order chi connectivity index (χ1) is 13.9. The zero-order valence-corrected chi connectivity index (χ0v) is 16.9. The van der Waals surface area contributed by atoms with Crippen LogP contribution in [-0.4, -0.2) is 33.1 Å². The van der Waals surface area contributed by atoms with E-state index in [0.717, 1.165) is 28.3 Å². The number of aryl methyl sites for hydroxylation is 1. The lowest BCUT2D eigenvalue weighted by Crippen LogP contribution is -2.11. The average molecular weight is 394 g/mol. The van der Waals surface area contributed by atoms with Crippen molar-refractivity contribution in [1.82, 2.24) is 9.78 Å². The van der Waals surface area contributed by atoms with Gasteiger partial charge in [0.05, 0.1) is 36.2 Å². The molecule has 0 amide bonds. The largest absolute Gasteiger partial charge is 0.497 e. The summed E-state index contributed by atoms with van der Waals surface area (Å²) in [6.45, 7) is 3.67. The zero-order valence-electron chi connectivity index (χ0n) is 16.9. The minimum atomic E-state index is -0.860. The van der Waals surface area contributed by atoms with Gasteiger partial charge in [-0.15, -0.1) is 0 Å². The molecule has 6 nitrogen and oxygen atoms in total. The summed E-state index contributed by atoms with van der Waals surface area (Å²) < 4.78 is 7.03. The molecule has 0 fully saturated rings. The second-order valence-corrected chi connectivity index (χ2v) is 7.26. The van der Waals surface area contributed by atoms with Crippen LogP contribution in [0.4, 0.5) is 0 Å².